The lowest BCUT2D eigenvalue weighted by Crippen LogP contribution is -2.30. The molecule has 0 spiro atoms. The van der Waals surface area contributed by atoms with Gasteiger partial charge in [0.25, 0.3) is 0 Å². The zero-order valence-corrected chi connectivity index (χ0v) is 12.9. The van der Waals surface area contributed by atoms with Crippen LogP contribution in [0, 0.1) is 17.8 Å². The van der Waals surface area contributed by atoms with Gasteiger partial charge in [-0.05, 0) is 55.5 Å². The van der Waals surface area contributed by atoms with Crippen LogP contribution in [0.3, 0.4) is 0 Å². The molecule has 0 saturated heterocycles. The summed E-state index contributed by atoms with van der Waals surface area (Å²) in [5.41, 5.74) is 1.50. The molecule has 1 aromatic rings. The van der Waals surface area contributed by atoms with Gasteiger partial charge >= 0.3 is 0 Å². The van der Waals surface area contributed by atoms with Crippen molar-refractivity contribution in [3.05, 3.63) is 35.9 Å². The molecule has 1 unspecified atom stereocenters. The van der Waals surface area contributed by atoms with Crippen LogP contribution in [0.2, 0.25) is 0 Å². The summed E-state index contributed by atoms with van der Waals surface area (Å²) in [6, 6.07) is 11.7. The van der Waals surface area contributed by atoms with Crippen molar-refractivity contribution in [3.8, 4) is 0 Å². The summed E-state index contributed by atoms with van der Waals surface area (Å²) >= 11 is 0. The maximum Gasteiger partial charge on any atom is 0.0348 e. The van der Waals surface area contributed by atoms with Crippen LogP contribution in [0.1, 0.15) is 63.5 Å². The van der Waals surface area contributed by atoms with Crippen LogP contribution in [-0.4, -0.2) is 6.54 Å². The molecule has 20 heavy (non-hydrogen) atoms. The second kappa shape index (κ2) is 6.76. The summed E-state index contributed by atoms with van der Waals surface area (Å²) < 4.78 is 0. The van der Waals surface area contributed by atoms with Crippen molar-refractivity contribution >= 4 is 0 Å². The van der Waals surface area contributed by atoms with E-state index in [1.165, 1.54) is 57.1 Å². The zero-order valence-electron chi connectivity index (χ0n) is 12.9. The first-order chi connectivity index (χ1) is 9.86. The van der Waals surface area contributed by atoms with E-state index in [0.29, 0.717) is 6.04 Å². The molecule has 0 aromatic heterocycles. The van der Waals surface area contributed by atoms with E-state index in [4.69, 9.17) is 0 Å². The van der Waals surface area contributed by atoms with Crippen molar-refractivity contribution in [3.63, 3.8) is 0 Å². The van der Waals surface area contributed by atoms with Crippen molar-refractivity contribution in [1.82, 2.24) is 5.32 Å². The van der Waals surface area contributed by atoms with Crippen LogP contribution >= 0.6 is 0 Å². The van der Waals surface area contributed by atoms with Crippen LogP contribution in [0.4, 0.5) is 0 Å². The molecule has 1 heteroatoms. The highest BCUT2D eigenvalue weighted by Crippen LogP contribution is 2.41. The van der Waals surface area contributed by atoms with Gasteiger partial charge in [0.05, 0.1) is 0 Å². The first-order valence-corrected chi connectivity index (χ1v) is 8.65. The lowest BCUT2D eigenvalue weighted by molar-refractivity contribution is 0.254. The van der Waals surface area contributed by atoms with Crippen molar-refractivity contribution < 1.29 is 0 Å². The van der Waals surface area contributed by atoms with E-state index in [2.05, 4.69) is 42.6 Å². The molecule has 1 nitrogen and oxygen atoms in total. The predicted octanol–water partition coefficient (Wildman–Crippen LogP) is 4.94. The van der Waals surface area contributed by atoms with Gasteiger partial charge in [-0.3, -0.25) is 0 Å². The molecule has 1 N–H and O–H groups in total. The van der Waals surface area contributed by atoms with Gasteiger partial charge < -0.3 is 5.32 Å². The van der Waals surface area contributed by atoms with Crippen LogP contribution in [0.25, 0.3) is 0 Å². The van der Waals surface area contributed by atoms with E-state index in [1.54, 1.807) is 0 Å². The molecular formula is C19H29N. The molecule has 2 aliphatic carbocycles. The third-order valence-electron chi connectivity index (χ3n) is 5.42. The van der Waals surface area contributed by atoms with E-state index in [1.807, 2.05) is 0 Å². The largest absolute Gasteiger partial charge is 0.309 e. The second-order valence-corrected chi connectivity index (χ2v) is 6.93. The molecule has 0 radical (unpaired) electrons. The van der Waals surface area contributed by atoms with Gasteiger partial charge in [-0.25, -0.2) is 0 Å². The Balaban J connectivity index is 1.51. The monoisotopic (exact) mass is 271 g/mol. The maximum atomic E-state index is 3.90. The van der Waals surface area contributed by atoms with E-state index in [0.717, 1.165) is 17.8 Å². The van der Waals surface area contributed by atoms with Crippen LogP contribution in [0.5, 0.6) is 0 Å². The zero-order chi connectivity index (χ0) is 13.8. The Morgan fingerprint density at radius 2 is 1.60 bits per heavy atom. The summed E-state index contributed by atoms with van der Waals surface area (Å²) in [5.74, 6) is 2.83. The van der Waals surface area contributed by atoms with E-state index in [-0.39, 0.29) is 0 Å². The minimum absolute atomic E-state index is 0.611. The Morgan fingerprint density at radius 3 is 2.20 bits per heavy atom. The van der Waals surface area contributed by atoms with E-state index >= 15 is 0 Å². The summed E-state index contributed by atoms with van der Waals surface area (Å²) in [6.07, 6.45) is 10.0. The Labute approximate surface area is 124 Å². The third kappa shape index (κ3) is 3.63. The average Bonchev–Trinajstić information content (AvgIpc) is 3.34. The number of hydrogen-bond acceptors (Lipinski definition) is 1. The fourth-order valence-corrected chi connectivity index (χ4v) is 3.78. The molecule has 2 saturated carbocycles. The number of benzene rings is 1. The lowest BCUT2D eigenvalue weighted by atomic mass is 9.80. The topological polar surface area (TPSA) is 12.0 Å². The summed E-state index contributed by atoms with van der Waals surface area (Å²) in [4.78, 5) is 0. The normalized spacial score (nSPS) is 28.2. The molecule has 3 rings (SSSR count). The minimum atomic E-state index is 0.611. The molecule has 1 atom stereocenters. The van der Waals surface area contributed by atoms with Gasteiger partial charge in [-0.15, -0.1) is 0 Å². The number of rotatable bonds is 6. The maximum absolute atomic E-state index is 3.90. The van der Waals surface area contributed by atoms with Crippen LogP contribution in [-0.2, 0) is 0 Å². The summed E-state index contributed by atoms with van der Waals surface area (Å²) in [7, 11) is 0. The fraction of sp³-hybridized carbons (Fsp3) is 0.684. The van der Waals surface area contributed by atoms with Crippen molar-refractivity contribution in [1.29, 1.82) is 0 Å². The highest BCUT2D eigenvalue weighted by molar-refractivity contribution is 5.21. The summed E-state index contributed by atoms with van der Waals surface area (Å²) in [5, 5.41) is 3.90. The smallest absolute Gasteiger partial charge is 0.0348 e. The number of nitrogens with one attached hydrogen (secondary N) is 1. The molecule has 0 amide bonds. The van der Waals surface area contributed by atoms with Gasteiger partial charge in [0.15, 0.2) is 0 Å². The molecule has 2 fully saturated rings. The quantitative estimate of drug-likeness (QED) is 0.772. The SMILES string of the molecule is CCC1CCC(CNC(c2ccccc2)C2CC2)CC1. The second-order valence-electron chi connectivity index (χ2n) is 6.93. The minimum Gasteiger partial charge on any atom is -0.309 e. The first kappa shape index (κ1) is 14.1. The highest BCUT2D eigenvalue weighted by atomic mass is 14.9. The third-order valence-corrected chi connectivity index (χ3v) is 5.42. The predicted molar refractivity (Wildman–Crippen MR) is 85.6 cm³/mol. The fourth-order valence-electron chi connectivity index (χ4n) is 3.78. The van der Waals surface area contributed by atoms with Crippen molar-refractivity contribution in [2.45, 2.75) is 57.9 Å². The van der Waals surface area contributed by atoms with Gasteiger partial charge in [0.1, 0.15) is 0 Å². The number of hydrogen-bond donors (Lipinski definition) is 1. The average molecular weight is 271 g/mol. The van der Waals surface area contributed by atoms with Crippen molar-refractivity contribution in [2.75, 3.05) is 6.54 Å². The van der Waals surface area contributed by atoms with Gasteiger partial charge in [0, 0.05) is 6.04 Å². The van der Waals surface area contributed by atoms with E-state index in [9.17, 15) is 0 Å². The molecule has 0 aliphatic heterocycles. The molecular weight excluding hydrogens is 242 g/mol. The standard InChI is InChI=1S/C19H29N/c1-2-15-8-10-16(11-9-15)14-20-19(18-12-13-18)17-6-4-3-5-7-17/h3-7,15-16,18-20H,2,8-14H2,1H3. The lowest BCUT2D eigenvalue weighted by Gasteiger charge is -2.29. The van der Waals surface area contributed by atoms with Gasteiger partial charge in [-0.2, -0.15) is 0 Å². The molecule has 1 aromatic carbocycles. The summed E-state index contributed by atoms with van der Waals surface area (Å²) in [6.45, 7) is 3.58. The Kier molecular flexibility index (Phi) is 4.77. The van der Waals surface area contributed by atoms with Crippen LogP contribution < -0.4 is 5.32 Å². The highest BCUT2D eigenvalue weighted by Gasteiger charge is 2.32. The van der Waals surface area contributed by atoms with Gasteiger partial charge in [-0.1, -0.05) is 56.5 Å². The Bertz CT molecular complexity index is 387. The first-order valence-electron chi connectivity index (χ1n) is 8.65. The molecule has 2 aliphatic rings. The molecule has 0 bridgehead atoms. The van der Waals surface area contributed by atoms with E-state index < -0.39 is 0 Å². The molecule has 0 heterocycles. The van der Waals surface area contributed by atoms with Crippen LogP contribution in [0.15, 0.2) is 30.3 Å². The van der Waals surface area contributed by atoms with Crippen molar-refractivity contribution in [2.24, 2.45) is 17.8 Å². The van der Waals surface area contributed by atoms with Gasteiger partial charge in [0.2, 0.25) is 0 Å². The Hall–Kier alpha value is -0.820. The molecule has 110 valence electrons. The Morgan fingerprint density at radius 1 is 0.950 bits per heavy atom.